The van der Waals surface area contributed by atoms with Crippen LogP contribution in [0.5, 0.6) is 0 Å². The van der Waals surface area contributed by atoms with E-state index in [1.54, 1.807) is 0 Å². The fourth-order valence-corrected chi connectivity index (χ4v) is 3.67. The summed E-state index contributed by atoms with van der Waals surface area (Å²) >= 11 is 0. The number of carbonyl (C=O) groups excluding carboxylic acids is 2. The van der Waals surface area contributed by atoms with E-state index in [-0.39, 0.29) is 11.9 Å². The number of amides is 3. The number of carbonyl (C=O) groups is 2. The third-order valence-corrected chi connectivity index (χ3v) is 5.21. The molecule has 5 N–H and O–H groups in total. The largest absolute Gasteiger partial charge is 0.362 e. The predicted molar refractivity (Wildman–Crippen MR) is 133 cm³/mol. The van der Waals surface area contributed by atoms with E-state index in [1.807, 2.05) is 97.2 Å². The second-order valence-electron chi connectivity index (χ2n) is 7.51. The zero-order chi connectivity index (χ0) is 22.6. The number of hydrogen-bond donors (Lipinski definition) is 5. The molecule has 0 aliphatic carbocycles. The molecule has 0 saturated heterocycles. The maximum absolute atomic E-state index is 12.5. The Labute approximate surface area is 190 Å². The number of anilines is 5. The number of H-pyrrole nitrogens is 1. The third kappa shape index (κ3) is 4.47. The molecule has 3 amide bonds. The Balaban J connectivity index is 1.34. The zero-order valence-corrected chi connectivity index (χ0v) is 17.6. The molecule has 0 saturated carbocycles. The normalized spacial score (nSPS) is 13.3. The standard InChI is InChI=1S/C26H21N5O2/c32-25-21(15-18-9-6-14-27-18)20-13-12-19(16-24(20)30-25)28-22-10-4-5-11-23(22)31-26(33)29-17-7-2-1-3-8-17/h1-16,27-28H,(H,30,32)(H2,29,31,33)/b21-15-. The Kier molecular flexibility index (Phi) is 5.35. The Bertz CT molecular complexity index is 1340. The molecule has 162 valence electrons. The first-order valence-corrected chi connectivity index (χ1v) is 10.5. The fraction of sp³-hybridized carbons (Fsp3) is 0. The maximum atomic E-state index is 12.5. The monoisotopic (exact) mass is 435 g/mol. The van der Waals surface area contributed by atoms with Gasteiger partial charge in [-0.1, -0.05) is 36.4 Å². The lowest BCUT2D eigenvalue weighted by Crippen LogP contribution is -2.19. The van der Waals surface area contributed by atoms with Crippen molar-refractivity contribution >= 4 is 52.0 Å². The summed E-state index contributed by atoms with van der Waals surface area (Å²) in [5.74, 6) is -0.142. The highest BCUT2D eigenvalue weighted by Gasteiger charge is 2.24. The van der Waals surface area contributed by atoms with Crippen LogP contribution in [0.2, 0.25) is 0 Å². The van der Waals surface area contributed by atoms with E-state index in [4.69, 9.17) is 0 Å². The highest BCUT2D eigenvalue weighted by molar-refractivity contribution is 6.35. The first-order valence-electron chi connectivity index (χ1n) is 10.5. The lowest BCUT2D eigenvalue weighted by molar-refractivity contribution is -0.110. The van der Waals surface area contributed by atoms with E-state index in [0.717, 1.165) is 28.3 Å². The first-order chi connectivity index (χ1) is 16.2. The first kappa shape index (κ1) is 20.1. The molecule has 0 bridgehead atoms. The average Bonchev–Trinajstić information content (AvgIpc) is 3.43. The molecule has 3 aromatic carbocycles. The van der Waals surface area contributed by atoms with Gasteiger partial charge in [-0.3, -0.25) is 4.79 Å². The number of nitrogens with one attached hydrogen (secondary N) is 5. The van der Waals surface area contributed by atoms with Gasteiger partial charge in [-0.05, 0) is 54.6 Å². The molecule has 0 atom stereocenters. The van der Waals surface area contributed by atoms with E-state index in [0.29, 0.717) is 16.9 Å². The molecule has 1 aliphatic rings. The summed E-state index contributed by atoms with van der Waals surface area (Å²) in [6, 6.07) is 25.8. The van der Waals surface area contributed by atoms with E-state index in [1.165, 1.54) is 0 Å². The van der Waals surface area contributed by atoms with Crippen LogP contribution < -0.4 is 21.3 Å². The maximum Gasteiger partial charge on any atom is 0.323 e. The van der Waals surface area contributed by atoms with Gasteiger partial charge in [0.15, 0.2) is 0 Å². The minimum atomic E-state index is -0.337. The van der Waals surface area contributed by atoms with Crippen molar-refractivity contribution < 1.29 is 9.59 Å². The zero-order valence-electron chi connectivity index (χ0n) is 17.6. The van der Waals surface area contributed by atoms with E-state index in [2.05, 4.69) is 26.3 Å². The third-order valence-electron chi connectivity index (χ3n) is 5.21. The highest BCUT2D eigenvalue weighted by atomic mass is 16.2. The number of para-hydroxylation sites is 3. The lowest BCUT2D eigenvalue weighted by Gasteiger charge is -2.14. The number of rotatable bonds is 5. The molecule has 1 aromatic heterocycles. The van der Waals surface area contributed by atoms with Gasteiger partial charge in [-0.15, -0.1) is 0 Å². The Morgan fingerprint density at radius 3 is 2.36 bits per heavy atom. The number of benzene rings is 3. The molecule has 0 unspecified atom stereocenters. The Hall–Kier alpha value is -4.78. The summed E-state index contributed by atoms with van der Waals surface area (Å²) in [4.78, 5) is 28.0. The second-order valence-corrected chi connectivity index (χ2v) is 7.51. The van der Waals surface area contributed by atoms with Crippen LogP contribution in [-0.2, 0) is 4.79 Å². The van der Waals surface area contributed by atoms with Gasteiger partial charge in [0, 0.05) is 28.8 Å². The SMILES string of the molecule is O=C(Nc1ccccc1)Nc1ccccc1Nc1ccc2c(c1)NC(=O)/C2=C\c1ccc[nH]1. The minimum absolute atomic E-state index is 0.142. The van der Waals surface area contributed by atoms with E-state index in [9.17, 15) is 9.59 Å². The highest BCUT2D eigenvalue weighted by Crippen LogP contribution is 2.36. The number of aromatic nitrogens is 1. The van der Waals surface area contributed by atoms with Gasteiger partial charge in [0.05, 0.1) is 22.6 Å². The van der Waals surface area contributed by atoms with Crippen LogP contribution in [0.15, 0.2) is 91.1 Å². The molecule has 0 radical (unpaired) electrons. The van der Waals surface area contributed by atoms with Gasteiger partial charge in [0.2, 0.25) is 0 Å². The van der Waals surface area contributed by atoms with Crippen LogP contribution >= 0.6 is 0 Å². The molecule has 4 aromatic rings. The van der Waals surface area contributed by atoms with Crippen molar-refractivity contribution in [3.05, 3.63) is 102 Å². The summed E-state index contributed by atoms with van der Waals surface area (Å²) < 4.78 is 0. The molecule has 0 fully saturated rings. The summed E-state index contributed by atoms with van der Waals surface area (Å²) in [5.41, 5.74) is 5.90. The van der Waals surface area contributed by atoms with Gasteiger partial charge in [0.25, 0.3) is 5.91 Å². The molecule has 2 heterocycles. The van der Waals surface area contributed by atoms with Crippen LogP contribution in [0, 0.1) is 0 Å². The summed E-state index contributed by atoms with van der Waals surface area (Å²) in [6.45, 7) is 0. The molecular weight excluding hydrogens is 414 g/mol. The van der Waals surface area contributed by atoms with Crippen molar-refractivity contribution in [1.29, 1.82) is 0 Å². The van der Waals surface area contributed by atoms with E-state index < -0.39 is 0 Å². The molecular formula is C26H21N5O2. The van der Waals surface area contributed by atoms with Crippen molar-refractivity contribution in [2.45, 2.75) is 0 Å². The van der Waals surface area contributed by atoms with Crippen LogP contribution in [-0.4, -0.2) is 16.9 Å². The van der Waals surface area contributed by atoms with Crippen molar-refractivity contribution in [3.63, 3.8) is 0 Å². The number of urea groups is 1. The Morgan fingerprint density at radius 2 is 1.58 bits per heavy atom. The van der Waals surface area contributed by atoms with Gasteiger partial charge in [0.1, 0.15) is 0 Å². The summed E-state index contributed by atoms with van der Waals surface area (Å²) in [5, 5.41) is 11.9. The number of aromatic amines is 1. The van der Waals surface area contributed by atoms with Gasteiger partial charge in [-0.2, -0.15) is 0 Å². The molecule has 1 aliphatic heterocycles. The molecule has 5 rings (SSSR count). The van der Waals surface area contributed by atoms with Crippen molar-refractivity contribution in [2.75, 3.05) is 21.3 Å². The van der Waals surface area contributed by atoms with Gasteiger partial charge in [-0.25, -0.2) is 4.79 Å². The van der Waals surface area contributed by atoms with Gasteiger partial charge < -0.3 is 26.3 Å². The predicted octanol–water partition coefficient (Wildman–Crippen LogP) is 5.90. The topological polar surface area (TPSA) is 98.0 Å². The van der Waals surface area contributed by atoms with Crippen LogP contribution in [0.3, 0.4) is 0 Å². The number of hydrogen-bond acceptors (Lipinski definition) is 3. The average molecular weight is 435 g/mol. The van der Waals surface area contributed by atoms with Crippen LogP contribution in [0.1, 0.15) is 11.3 Å². The van der Waals surface area contributed by atoms with Crippen LogP contribution in [0.4, 0.5) is 33.2 Å². The Morgan fingerprint density at radius 1 is 0.788 bits per heavy atom. The molecule has 0 spiro atoms. The molecule has 33 heavy (non-hydrogen) atoms. The second kappa shape index (κ2) is 8.76. The van der Waals surface area contributed by atoms with Crippen molar-refractivity contribution in [1.82, 2.24) is 4.98 Å². The summed E-state index contributed by atoms with van der Waals surface area (Å²) in [6.07, 6.45) is 3.65. The van der Waals surface area contributed by atoms with Crippen molar-refractivity contribution in [3.8, 4) is 0 Å². The smallest absolute Gasteiger partial charge is 0.323 e. The van der Waals surface area contributed by atoms with Gasteiger partial charge >= 0.3 is 6.03 Å². The lowest BCUT2D eigenvalue weighted by atomic mass is 10.1. The van der Waals surface area contributed by atoms with Crippen molar-refractivity contribution in [2.24, 2.45) is 0 Å². The quantitative estimate of drug-likeness (QED) is 0.253. The molecule has 7 heteroatoms. The molecule has 7 nitrogen and oxygen atoms in total. The number of fused-ring (bicyclic) bond motifs is 1. The van der Waals surface area contributed by atoms with E-state index >= 15 is 0 Å². The summed E-state index contributed by atoms with van der Waals surface area (Å²) in [7, 11) is 0. The minimum Gasteiger partial charge on any atom is -0.362 e. The van der Waals surface area contributed by atoms with Crippen LogP contribution in [0.25, 0.3) is 11.6 Å². The fourth-order valence-electron chi connectivity index (χ4n) is 3.67.